The van der Waals surface area contributed by atoms with Crippen LogP contribution in [0.15, 0.2) is 12.2 Å². The van der Waals surface area contributed by atoms with Gasteiger partial charge in [-0.15, -0.1) is 0 Å². The summed E-state index contributed by atoms with van der Waals surface area (Å²) in [6.45, 7) is 3.18. The van der Waals surface area contributed by atoms with Crippen molar-refractivity contribution < 1.29 is 14.4 Å². The van der Waals surface area contributed by atoms with E-state index >= 15 is 0 Å². The van der Waals surface area contributed by atoms with E-state index < -0.39 is 0 Å². The molecule has 78 valence electrons. The van der Waals surface area contributed by atoms with Crippen molar-refractivity contribution in [2.24, 2.45) is 0 Å². The molecule has 0 atom stereocenters. The van der Waals surface area contributed by atoms with Crippen LogP contribution in [0.4, 0.5) is 0 Å². The number of Topliss-reactive ketones (excluding diaryl/α,β-unsaturated/α-hetero) is 1. The Labute approximate surface area is 83.4 Å². The highest BCUT2D eigenvalue weighted by Gasteiger charge is 2.04. The molecule has 4 heteroatoms. The summed E-state index contributed by atoms with van der Waals surface area (Å²) in [5, 5.41) is 2.41. The molecule has 0 saturated heterocycles. The number of carbonyl (C=O) groups excluding carboxylic acids is 3. The molecule has 4 nitrogen and oxygen atoms in total. The van der Waals surface area contributed by atoms with Gasteiger partial charge in [0.15, 0.2) is 5.78 Å². The summed E-state index contributed by atoms with van der Waals surface area (Å²) in [4.78, 5) is 32.5. The fourth-order valence-electron chi connectivity index (χ4n) is 0.817. The van der Waals surface area contributed by atoms with Gasteiger partial charge in [0.2, 0.25) is 5.91 Å². The van der Waals surface area contributed by atoms with Gasteiger partial charge in [0, 0.05) is 12.8 Å². The van der Waals surface area contributed by atoms with Crippen LogP contribution in [-0.4, -0.2) is 24.0 Å². The zero-order chi connectivity index (χ0) is 11.0. The maximum Gasteiger partial charge on any atom is 0.220 e. The molecule has 0 fully saturated rings. The van der Waals surface area contributed by atoms with E-state index in [2.05, 4.69) is 5.32 Å². The molecule has 0 bridgehead atoms. The summed E-state index contributed by atoms with van der Waals surface area (Å²) in [5.41, 5.74) is 0. The van der Waals surface area contributed by atoms with Crippen molar-refractivity contribution in [1.29, 1.82) is 0 Å². The van der Waals surface area contributed by atoms with Crippen LogP contribution in [0.2, 0.25) is 0 Å². The average Bonchev–Trinajstić information content (AvgIpc) is 2.12. The Hall–Kier alpha value is -1.45. The molecule has 0 rings (SSSR count). The maximum atomic E-state index is 11.0. The molecule has 1 N–H and O–H groups in total. The van der Waals surface area contributed by atoms with Gasteiger partial charge in [-0.2, -0.15) is 0 Å². The molecule has 0 aliphatic heterocycles. The zero-order valence-corrected chi connectivity index (χ0v) is 8.50. The van der Waals surface area contributed by atoms with Gasteiger partial charge in [-0.05, 0) is 19.9 Å². The van der Waals surface area contributed by atoms with Gasteiger partial charge in [0.25, 0.3) is 0 Å². The Bertz CT molecular complexity index is 256. The Morgan fingerprint density at radius 3 is 2.36 bits per heavy atom. The quantitative estimate of drug-likeness (QED) is 0.635. The van der Waals surface area contributed by atoms with Crippen LogP contribution in [-0.2, 0) is 14.4 Å². The molecule has 0 saturated carbocycles. The number of allylic oxidation sites excluding steroid dienone is 2. The summed E-state index contributed by atoms with van der Waals surface area (Å²) in [6, 6.07) is 0. The third kappa shape index (κ3) is 7.21. The van der Waals surface area contributed by atoms with Crippen LogP contribution in [0.25, 0.3) is 0 Å². The predicted molar refractivity (Wildman–Crippen MR) is 52.7 cm³/mol. The highest BCUT2D eigenvalue weighted by atomic mass is 16.2. The molecule has 0 aromatic heterocycles. The summed E-state index contributed by atoms with van der Waals surface area (Å²) >= 11 is 0. The summed E-state index contributed by atoms with van der Waals surface area (Å²) in [7, 11) is 0. The number of hydrogen-bond acceptors (Lipinski definition) is 3. The van der Waals surface area contributed by atoms with E-state index in [9.17, 15) is 14.4 Å². The van der Waals surface area contributed by atoms with E-state index in [4.69, 9.17) is 0 Å². The van der Waals surface area contributed by atoms with Crippen molar-refractivity contribution >= 4 is 17.5 Å². The van der Waals surface area contributed by atoms with Crippen molar-refractivity contribution in [2.45, 2.75) is 26.7 Å². The molecule has 0 aromatic carbocycles. The molecule has 14 heavy (non-hydrogen) atoms. The van der Waals surface area contributed by atoms with E-state index in [1.807, 2.05) is 0 Å². The molecule has 0 heterocycles. The fourth-order valence-corrected chi connectivity index (χ4v) is 0.817. The molecule has 0 aliphatic carbocycles. The van der Waals surface area contributed by atoms with Crippen LogP contribution in [0, 0.1) is 0 Å². The monoisotopic (exact) mass is 197 g/mol. The largest absolute Gasteiger partial charge is 0.349 e. The third-order valence-electron chi connectivity index (χ3n) is 1.49. The van der Waals surface area contributed by atoms with Gasteiger partial charge < -0.3 is 5.32 Å². The van der Waals surface area contributed by atoms with Crippen LogP contribution in [0.1, 0.15) is 26.7 Å². The number of hydrogen-bond donors (Lipinski definition) is 1. The van der Waals surface area contributed by atoms with Crippen LogP contribution in [0.5, 0.6) is 0 Å². The second-order valence-corrected chi connectivity index (χ2v) is 2.95. The topological polar surface area (TPSA) is 63.2 Å². The van der Waals surface area contributed by atoms with Gasteiger partial charge >= 0.3 is 0 Å². The average molecular weight is 197 g/mol. The van der Waals surface area contributed by atoms with Crippen LogP contribution < -0.4 is 5.32 Å². The predicted octanol–water partition coefficient (Wildman–Crippen LogP) is 0.617. The lowest BCUT2D eigenvalue weighted by Gasteiger charge is -2.00. The SMILES string of the molecule is CC=CC(=O)CCC(=O)NCC(C)=O. The summed E-state index contributed by atoms with van der Waals surface area (Å²) in [5.74, 6) is -0.443. The Balaban J connectivity index is 3.64. The molecular formula is C10H15NO3. The summed E-state index contributed by atoms with van der Waals surface area (Å²) < 4.78 is 0. The number of ketones is 2. The highest BCUT2D eigenvalue weighted by Crippen LogP contribution is 1.92. The minimum absolute atomic E-state index is 0.0383. The van der Waals surface area contributed by atoms with Gasteiger partial charge in [-0.3, -0.25) is 14.4 Å². The fraction of sp³-hybridized carbons (Fsp3) is 0.500. The molecular weight excluding hydrogens is 182 g/mol. The van der Waals surface area contributed by atoms with E-state index in [0.717, 1.165) is 0 Å². The van der Waals surface area contributed by atoms with Crippen molar-refractivity contribution in [3.63, 3.8) is 0 Å². The molecule has 0 spiro atoms. The minimum atomic E-state index is -0.266. The number of amides is 1. The first kappa shape index (κ1) is 12.6. The molecule has 0 aromatic rings. The second kappa shape index (κ2) is 7.00. The van der Waals surface area contributed by atoms with Crippen molar-refractivity contribution in [1.82, 2.24) is 5.32 Å². The zero-order valence-electron chi connectivity index (χ0n) is 8.50. The van der Waals surface area contributed by atoms with E-state index in [1.54, 1.807) is 13.0 Å². The minimum Gasteiger partial charge on any atom is -0.349 e. The molecule has 0 unspecified atom stereocenters. The van der Waals surface area contributed by atoms with Crippen LogP contribution in [0.3, 0.4) is 0 Å². The molecule has 0 radical (unpaired) electrons. The third-order valence-corrected chi connectivity index (χ3v) is 1.49. The van der Waals surface area contributed by atoms with E-state index in [-0.39, 0.29) is 36.9 Å². The lowest BCUT2D eigenvalue weighted by Crippen LogP contribution is -2.28. The van der Waals surface area contributed by atoms with E-state index in [1.165, 1.54) is 13.0 Å². The van der Waals surface area contributed by atoms with Gasteiger partial charge in [0.1, 0.15) is 5.78 Å². The Kier molecular flexibility index (Phi) is 6.28. The van der Waals surface area contributed by atoms with Crippen molar-refractivity contribution in [3.8, 4) is 0 Å². The Morgan fingerprint density at radius 2 is 1.86 bits per heavy atom. The number of rotatable bonds is 6. The Morgan fingerprint density at radius 1 is 1.21 bits per heavy atom. The van der Waals surface area contributed by atoms with Gasteiger partial charge in [0.05, 0.1) is 6.54 Å². The normalized spacial score (nSPS) is 10.1. The van der Waals surface area contributed by atoms with E-state index in [0.29, 0.717) is 0 Å². The molecule has 1 amide bonds. The molecule has 0 aliphatic rings. The highest BCUT2D eigenvalue weighted by molar-refractivity contribution is 5.93. The first-order chi connectivity index (χ1) is 6.56. The first-order valence-corrected chi connectivity index (χ1v) is 4.48. The van der Waals surface area contributed by atoms with Crippen LogP contribution >= 0.6 is 0 Å². The smallest absolute Gasteiger partial charge is 0.220 e. The number of carbonyl (C=O) groups is 3. The van der Waals surface area contributed by atoms with Crippen molar-refractivity contribution in [3.05, 3.63) is 12.2 Å². The standard InChI is InChI=1S/C10H15NO3/c1-3-4-9(13)5-6-10(14)11-7-8(2)12/h3-4H,5-7H2,1-2H3,(H,11,14). The van der Waals surface area contributed by atoms with Crippen molar-refractivity contribution in [2.75, 3.05) is 6.54 Å². The second-order valence-electron chi connectivity index (χ2n) is 2.95. The number of nitrogens with one attached hydrogen (secondary N) is 1. The first-order valence-electron chi connectivity index (χ1n) is 4.48. The maximum absolute atomic E-state index is 11.0. The lowest BCUT2D eigenvalue weighted by atomic mass is 10.2. The van der Waals surface area contributed by atoms with Gasteiger partial charge in [-0.1, -0.05) is 6.08 Å². The van der Waals surface area contributed by atoms with Gasteiger partial charge in [-0.25, -0.2) is 0 Å². The summed E-state index contributed by atoms with van der Waals surface area (Å²) in [6.07, 6.45) is 3.39. The lowest BCUT2D eigenvalue weighted by molar-refractivity contribution is -0.125.